The van der Waals surface area contributed by atoms with Crippen LogP contribution in [0, 0.1) is 0 Å². The number of carbonyl (C=O) groups is 1. The molecular formula is C10H11Cl3N2O. The predicted octanol–water partition coefficient (Wildman–Crippen LogP) is 2.91. The van der Waals surface area contributed by atoms with Crippen LogP contribution in [0.4, 0.5) is 0 Å². The first kappa shape index (κ1) is 13.6. The van der Waals surface area contributed by atoms with Gasteiger partial charge in [-0.3, -0.25) is 4.79 Å². The lowest BCUT2D eigenvalue weighted by molar-refractivity contribution is -0.118. The molecule has 0 spiro atoms. The van der Waals surface area contributed by atoms with Gasteiger partial charge < -0.3 is 11.5 Å². The van der Waals surface area contributed by atoms with E-state index in [2.05, 4.69) is 0 Å². The van der Waals surface area contributed by atoms with E-state index in [9.17, 15) is 4.79 Å². The Balaban J connectivity index is 2.90. The van der Waals surface area contributed by atoms with Gasteiger partial charge in [0.1, 0.15) is 0 Å². The number of hydrogen-bond donors (Lipinski definition) is 2. The van der Waals surface area contributed by atoms with Crippen LogP contribution in [-0.4, -0.2) is 5.91 Å². The minimum Gasteiger partial charge on any atom is -0.370 e. The highest BCUT2D eigenvalue weighted by atomic mass is 35.5. The Kier molecular flexibility index (Phi) is 4.87. The maximum Gasteiger partial charge on any atom is 0.217 e. The molecule has 1 amide bonds. The molecule has 0 fully saturated rings. The monoisotopic (exact) mass is 280 g/mol. The molecule has 1 atom stereocenters. The average Bonchev–Trinajstić information content (AvgIpc) is 2.12. The van der Waals surface area contributed by atoms with Gasteiger partial charge in [0.25, 0.3) is 0 Å². The molecule has 0 aliphatic heterocycles. The third-order valence-electron chi connectivity index (χ3n) is 2.12. The van der Waals surface area contributed by atoms with Crippen LogP contribution in [0.2, 0.25) is 15.1 Å². The first-order valence-electron chi connectivity index (χ1n) is 4.60. The Labute approximate surface area is 109 Å². The summed E-state index contributed by atoms with van der Waals surface area (Å²) in [5.74, 6) is -0.406. The fraction of sp³-hybridized carbons (Fsp3) is 0.300. The summed E-state index contributed by atoms with van der Waals surface area (Å²) in [7, 11) is 0. The molecule has 1 aromatic rings. The van der Waals surface area contributed by atoms with Gasteiger partial charge in [-0.25, -0.2) is 0 Å². The molecule has 0 bridgehead atoms. The van der Waals surface area contributed by atoms with Crippen molar-refractivity contribution in [3.63, 3.8) is 0 Å². The second-order valence-corrected chi connectivity index (χ2v) is 4.65. The van der Waals surface area contributed by atoms with E-state index in [1.165, 1.54) is 0 Å². The second-order valence-electron chi connectivity index (χ2n) is 3.39. The van der Waals surface area contributed by atoms with Gasteiger partial charge in [0.05, 0.1) is 0 Å². The van der Waals surface area contributed by atoms with Gasteiger partial charge in [-0.05, 0) is 18.6 Å². The largest absolute Gasteiger partial charge is 0.370 e. The van der Waals surface area contributed by atoms with E-state index >= 15 is 0 Å². The molecular weight excluding hydrogens is 270 g/mol. The highest BCUT2D eigenvalue weighted by molar-refractivity contribution is 6.39. The van der Waals surface area contributed by atoms with Crippen LogP contribution in [0.1, 0.15) is 24.4 Å². The van der Waals surface area contributed by atoms with Crippen LogP contribution in [0.3, 0.4) is 0 Å². The first-order valence-corrected chi connectivity index (χ1v) is 5.73. The van der Waals surface area contributed by atoms with Gasteiger partial charge in [-0.2, -0.15) is 0 Å². The summed E-state index contributed by atoms with van der Waals surface area (Å²) in [4.78, 5) is 10.6. The number of rotatable bonds is 4. The van der Waals surface area contributed by atoms with E-state index in [1.807, 2.05) is 0 Å². The number of amides is 1. The Hall–Kier alpha value is -0.480. The van der Waals surface area contributed by atoms with Gasteiger partial charge in [0, 0.05) is 33.1 Å². The lowest BCUT2D eigenvalue weighted by Gasteiger charge is -2.15. The van der Waals surface area contributed by atoms with E-state index in [4.69, 9.17) is 46.3 Å². The Morgan fingerprint density at radius 1 is 1.25 bits per heavy atom. The number of halogens is 3. The highest BCUT2D eigenvalue weighted by Gasteiger charge is 2.15. The Bertz CT molecular complexity index is 386. The second kappa shape index (κ2) is 5.73. The van der Waals surface area contributed by atoms with Gasteiger partial charge in [0.15, 0.2) is 0 Å². The smallest absolute Gasteiger partial charge is 0.217 e. The number of primary amides is 1. The standard InChI is InChI=1S/C10H11Cl3N2O/c11-5-3-6(12)10(7(13)4-5)8(14)1-2-9(15)16/h3-4,8H,1-2,14H2,(H2,15,16). The van der Waals surface area contributed by atoms with Gasteiger partial charge >= 0.3 is 0 Å². The molecule has 1 rings (SSSR count). The van der Waals surface area contributed by atoms with Gasteiger partial charge in [-0.15, -0.1) is 0 Å². The minimum absolute atomic E-state index is 0.191. The average molecular weight is 282 g/mol. The quantitative estimate of drug-likeness (QED) is 0.891. The number of hydrogen-bond acceptors (Lipinski definition) is 2. The van der Waals surface area contributed by atoms with Crippen molar-refractivity contribution in [1.29, 1.82) is 0 Å². The maximum absolute atomic E-state index is 10.6. The number of benzene rings is 1. The van der Waals surface area contributed by atoms with Gasteiger partial charge in [-0.1, -0.05) is 34.8 Å². The molecule has 16 heavy (non-hydrogen) atoms. The van der Waals surface area contributed by atoms with Gasteiger partial charge in [0.2, 0.25) is 5.91 Å². The first-order chi connectivity index (χ1) is 7.41. The zero-order valence-corrected chi connectivity index (χ0v) is 10.6. The third-order valence-corrected chi connectivity index (χ3v) is 2.96. The van der Waals surface area contributed by atoms with E-state index in [-0.39, 0.29) is 6.42 Å². The van der Waals surface area contributed by atoms with Crippen molar-refractivity contribution in [1.82, 2.24) is 0 Å². The maximum atomic E-state index is 10.6. The lowest BCUT2D eigenvalue weighted by atomic mass is 10.0. The SMILES string of the molecule is NC(=O)CCC(N)c1c(Cl)cc(Cl)cc1Cl. The van der Waals surface area contributed by atoms with Crippen LogP contribution >= 0.6 is 34.8 Å². The zero-order valence-electron chi connectivity index (χ0n) is 8.34. The van der Waals surface area contributed by atoms with Crippen molar-refractivity contribution in [3.8, 4) is 0 Å². The van der Waals surface area contributed by atoms with E-state index in [0.717, 1.165) is 0 Å². The molecule has 1 unspecified atom stereocenters. The van der Waals surface area contributed by atoms with Crippen molar-refractivity contribution in [2.24, 2.45) is 11.5 Å². The van der Waals surface area contributed by atoms with E-state index in [0.29, 0.717) is 27.1 Å². The molecule has 3 nitrogen and oxygen atoms in total. The summed E-state index contributed by atoms with van der Waals surface area (Å²) in [6.45, 7) is 0. The molecule has 6 heteroatoms. The fourth-order valence-corrected chi connectivity index (χ4v) is 2.45. The lowest BCUT2D eigenvalue weighted by Crippen LogP contribution is -2.17. The predicted molar refractivity (Wildman–Crippen MR) is 66.8 cm³/mol. The van der Waals surface area contributed by atoms with Crippen molar-refractivity contribution >= 4 is 40.7 Å². The topological polar surface area (TPSA) is 69.1 Å². The third kappa shape index (κ3) is 3.52. The van der Waals surface area contributed by atoms with Crippen molar-refractivity contribution < 1.29 is 4.79 Å². The summed E-state index contributed by atoms with van der Waals surface area (Å²) < 4.78 is 0. The molecule has 0 aliphatic rings. The molecule has 0 heterocycles. The summed E-state index contributed by atoms with van der Waals surface area (Å²) in [6.07, 6.45) is 0.590. The summed E-state index contributed by atoms with van der Waals surface area (Å²) in [5.41, 5.74) is 11.5. The number of carbonyl (C=O) groups excluding carboxylic acids is 1. The van der Waals surface area contributed by atoms with Crippen molar-refractivity contribution in [2.75, 3.05) is 0 Å². The fourth-order valence-electron chi connectivity index (χ4n) is 1.35. The van der Waals surface area contributed by atoms with Crippen LogP contribution in [0.15, 0.2) is 12.1 Å². The zero-order chi connectivity index (χ0) is 12.3. The molecule has 1 aromatic carbocycles. The number of nitrogens with two attached hydrogens (primary N) is 2. The van der Waals surface area contributed by atoms with E-state index in [1.54, 1.807) is 12.1 Å². The van der Waals surface area contributed by atoms with Crippen LogP contribution < -0.4 is 11.5 Å². The van der Waals surface area contributed by atoms with Crippen molar-refractivity contribution in [3.05, 3.63) is 32.8 Å². The molecule has 0 radical (unpaired) electrons. The van der Waals surface area contributed by atoms with Crippen LogP contribution in [0.5, 0.6) is 0 Å². The molecule has 88 valence electrons. The highest BCUT2D eigenvalue weighted by Crippen LogP contribution is 2.34. The molecule has 0 saturated heterocycles. The molecule has 0 aromatic heterocycles. The summed E-state index contributed by atoms with van der Waals surface area (Å²) in [5, 5.41) is 1.24. The molecule has 0 aliphatic carbocycles. The normalized spacial score (nSPS) is 12.5. The van der Waals surface area contributed by atoms with Crippen LogP contribution in [-0.2, 0) is 4.79 Å². The molecule has 0 saturated carbocycles. The summed E-state index contributed by atoms with van der Waals surface area (Å²) >= 11 is 17.7. The minimum atomic E-state index is -0.426. The van der Waals surface area contributed by atoms with E-state index < -0.39 is 11.9 Å². The molecule has 4 N–H and O–H groups in total. The summed E-state index contributed by atoms with van der Waals surface area (Å²) in [6, 6.07) is 2.70. The Morgan fingerprint density at radius 2 is 1.75 bits per heavy atom. The van der Waals surface area contributed by atoms with Crippen LogP contribution in [0.25, 0.3) is 0 Å². The van der Waals surface area contributed by atoms with Crippen molar-refractivity contribution in [2.45, 2.75) is 18.9 Å². The Morgan fingerprint density at radius 3 is 2.19 bits per heavy atom.